The van der Waals surface area contributed by atoms with Crippen LogP contribution in [0.1, 0.15) is 25.3 Å². The van der Waals surface area contributed by atoms with Gasteiger partial charge in [-0.3, -0.25) is 4.79 Å². The molecule has 1 N–H and O–H groups in total. The maximum absolute atomic E-state index is 11.9. The molecule has 1 amide bonds. The van der Waals surface area contributed by atoms with Crippen molar-refractivity contribution in [3.63, 3.8) is 0 Å². The van der Waals surface area contributed by atoms with Crippen molar-refractivity contribution < 1.29 is 4.79 Å². The lowest BCUT2D eigenvalue weighted by atomic mass is 10.2. The van der Waals surface area contributed by atoms with E-state index in [9.17, 15) is 4.79 Å². The van der Waals surface area contributed by atoms with Crippen molar-refractivity contribution in [3.05, 3.63) is 22.7 Å². The second-order valence-electron chi connectivity index (χ2n) is 4.36. The third-order valence-corrected chi connectivity index (χ3v) is 4.73. The Labute approximate surface area is 129 Å². The molecular formula is C13H14BrClN2OS. The van der Waals surface area contributed by atoms with Crippen LogP contribution >= 0.6 is 38.9 Å². The van der Waals surface area contributed by atoms with Crippen molar-refractivity contribution in [2.75, 3.05) is 5.32 Å². The van der Waals surface area contributed by atoms with Gasteiger partial charge in [0.05, 0.1) is 14.5 Å². The average Bonchev–Trinajstić information content (AvgIpc) is 2.72. The summed E-state index contributed by atoms with van der Waals surface area (Å²) in [7, 11) is 0. The Hall–Kier alpha value is -0.650. The monoisotopic (exact) mass is 360 g/mol. The molecule has 0 fully saturated rings. The lowest BCUT2D eigenvalue weighted by Crippen LogP contribution is -2.22. The molecule has 0 unspecified atom stereocenters. The van der Waals surface area contributed by atoms with Crippen LogP contribution in [0, 0.1) is 6.92 Å². The van der Waals surface area contributed by atoms with Gasteiger partial charge in [0, 0.05) is 0 Å². The van der Waals surface area contributed by atoms with Crippen molar-refractivity contribution in [1.29, 1.82) is 0 Å². The van der Waals surface area contributed by atoms with Crippen LogP contribution < -0.4 is 5.32 Å². The van der Waals surface area contributed by atoms with E-state index in [-0.39, 0.29) is 10.7 Å². The molecule has 0 radical (unpaired) electrons. The number of hydrogen-bond acceptors (Lipinski definition) is 3. The number of rotatable bonds is 4. The van der Waals surface area contributed by atoms with Crippen molar-refractivity contribution in [2.24, 2.45) is 0 Å². The second kappa shape index (κ2) is 6.20. The van der Waals surface area contributed by atoms with Crippen LogP contribution in [0.2, 0.25) is 5.02 Å². The van der Waals surface area contributed by atoms with E-state index >= 15 is 0 Å². The molecule has 6 heteroatoms. The minimum absolute atomic E-state index is 0.0613. The van der Waals surface area contributed by atoms with Crippen molar-refractivity contribution in [3.8, 4) is 0 Å². The Kier molecular flexibility index (Phi) is 4.81. The number of fused-ring (bicyclic) bond motifs is 1. The number of nitrogens with zero attached hydrogens (tertiary/aromatic N) is 1. The highest BCUT2D eigenvalue weighted by atomic mass is 79.9. The Balaban J connectivity index is 2.22. The van der Waals surface area contributed by atoms with Gasteiger partial charge in [0.2, 0.25) is 5.91 Å². The Bertz CT molecular complexity index is 614. The fourth-order valence-electron chi connectivity index (χ4n) is 1.74. The smallest absolute Gasteiger partial charge is 0.239 e. The fourth-order valence-corrected chi connectivity index (χ4v) is 3.68. The van der Waals surface area contributed by atoms with Crippen LogP contribution in [0.3, 0.4) is 0 Å². The molecule has 0 bridgehead atoms. The first kappa shape index (κ1) is 14.8. The summed E-state index contributed by atoms with van der Waals surface area (Å²) in [6.07, 6.45) is 1.75. The molecule has 0 saturated carbocycles. The summed E-state index contributed by atoms with van der Waals surface area (Å²) in [4.78, 5) is 16.1. The predicted octanol–water partition coefficient (Wildman–Crippen LogP) is 4.76. The molecule has 2 aromatic rings. The molecule has 19 heavy (non-hydrogen) atoms. The summed E-state index contributed by atoms with van der Waals surface area (Å²) in [5.41, 5.74) is 1.83. The average molecular weight is 362 g/mol. The minimum Gasteiger partial charge on any atom is -0.301 e. The topological polar surface area (TPSA) is 42.0 Å². The van der Waals surface area contributed by atoms with Crippen LogP contribution in [0.15, 0.2) is 12.1 Å². The number of benzene rings is 1. The van der Waals surface area contributed by atoms with Crippen LogP contribution in [-0.4, -0.2) is 15.7 Å². The fraction of sp³-hybridized carbons (Fsp3) is 0.385. The number of aromatic nitrogens is 1. The largest absolute Gasteiger partial charge is 0.301 e. The first-order valence-electron chi connectivity index (χ1n) is 6.03. The Morgan fingerprint density at radius 3 is 3.00 bits per heavy atom. The van der Waals surface area contributed by atoms with Crippen LogP contribution in [0.5, 0.6) is 0 Å². The van der Waals surface area contributed by atoms with Gasteiger partial charge in [0.25, 0.3) is 0 Å². The van der Waals surface area contributed by atoms with E-state index in [4.69, 9.17) is 11.6 Å². The molecule has 0 aliphatic rings. The zero-order valence-electron chi connectivity index (χ0n) is 10.7. The van der Waals surface area contributed by atoms with Crippen molar-refractivity contribution >= 4 is 60.1 Å². The number of hydrogen-bond donors (Lipinski definition) is 1. The second-order valence-corrected chi connectivity index (χ2v) is 6.90. The summed E-state index contributed by atoms with van der Waals surface area (Å²) in [6, 6.07) is 3.89. The molecule has 1 heterocycles. The number of amides is 1. The number of carbonyl (C=O) groups excluding carboxylic acids is 1. The molecule has 3 nitrogen and oxygen atoms in total. The molecule has 2 rings (SSSR count). The zero-order valence-corrected chi connectivity index (χ0v) is 13.8. The maximum Gasteiger partial charge on any atom is 0.239 e. The van der Waals surface area contributed by atoms with E-state index in [1.807, 2.05) is 26.0 Å². The number of thiazole rings is 1. The highest BCUT2D eigenvalue weighted by molar-refractivity contribution is 9.10. The maximum atomic E-state index is 11.9. The highest BCUT2D eigenvalue weighted by Crippen LogP contribution is 2.32. The third kappa shape index (κ3) is 3.46. The number of aryl methyl sites for hydroxylation is 1. The molecule has 102 valence electrons. The zero-order chi connectivity index (χ0) is 14.0. The van der Waals surface area contributed by atoms with Gasteiger partial charge in [-0.15, -0.1) is 0 Å². The summed E-state index contributed by atoms with van der Waals surface area (Å²) in [5, 5.41) is 4.04. The first-order valence-corrected chi connectivity index (χ1v) is 8.14. The lowest BCUT2D eigenvalue weighted by molar-refractivity contribution is -0.115. The summed E-state index contributed by atoms with van der Waals surface area (Å²) >= 11 is 11.0. The SMILES string of the molecule is CCC[C@@H](Br)C(=O)Nc1nc2c(Cl)cc(C)cc2s1. The van der Waals surface area contributed by atoms with Crippen LogP contribution in [0.25, 0.3) is 10.2 Å². The van der Waals surface area contributed by atoms with E-state index in [0.717, 1.165) is 28.6 Å². The normalized spacial score (nSPS) is 12.6. The molecule has 1 aromatic heterocycles. The molecule has 0 aliphatic heterocycles. The molecule has 0 aliphatic carbocycles. The van der Waals surface area contributed by atoms with E-state index in [0.29, 0.717) is 10.2 Å². The van der Waals surface area contributed by atoms with E-state index < -0.39 is 0 Å². The highest BCUT2D eigenvalue weighted by Gasteiger charge is 2.16. The number of carbonyl (C=O) groups is 1. The van der Waals surface area contributed by atoms with Crippen LogP contribution in [-0.2, 0) is 4.79 Å². The summed E-state index contributed by atoms with van der Waals surface area (Å²) in [6.45, 7) is 4.03. The van der Waals surface area contributed by atoms with Gasteiger partial charge in [-0.1, -0.05) is 52.2 Å². The van der Waals surface area contributed by atoms with Gasteiger partial charge in [-0.05, 0) is 31.0 Å². The van der Waals surface area contributed by atoms with Gasteiger partial charge in [-0.2, -0.15) is 0 Å². The number of halogens is 2. The number of nitrogens with one attached hydrogen (secondary N) is 1. The number of alkyl halides is 1. The number of anilines is 1. The Morgan fingerprint density at radius 2 is 2.32 bits per heavy atom. The van der Waals surface area contributed by atoms with E-state index in [2.05, 4.69) is 26.2 Å². The summed E-state index contributed by atoms with van der Waals surface area (Å²) < 4.78 is 0.988. The van der Waals surface area contributed by atoms with Crippen molar-refractivity contribution in [2.45, 2.75) is 31.5 Å². The minimum atomic E-state index is -0.179. The van der Waals surface area contributed by atoms with Gasteiger partial charge < -0.3 is 5.32 Å². The van der Waals surface area contributed by atoms with Crippen molar-refractivity contribution in [1.82, 2.24) is 4.98 Å². The van der Waals surface area contributed by atoms with E-state index in [1.165, 1.54) is 11.3 Å². The lowest BCUT2D eigenvalue weighted by Gasteiger charge is -2.06. The third-order valence-electron chi connectivity index (χ3n) is 2.65. The van der Waals surface area contributed by atoms with E-state index in [1.54, 1.807) is 0 Å². The quantitative estimate of drug-likeness (QED) is 0.798. The predicted molar refractivity (Wildman–Crippen MR) is 85.6 cm³/mol. The summed E-state index contributed by atoms with van der Waals surface area (Å²) in [5.74, 6) is -0.0613. The van der Waals surface area contributed by atoms with Gasteiger partial charge in [0.1, 0.15) is 5.52 Å². The Morgan fingerprint density at radius 1 is 1.58 bits per heavy atom. The van der Waals surface area contributed by atoms with Gasteiger partial charge >= 0.3 is 0 Å². The van der Waals surface area contributed by atoms with Gasteiger partial charge in [-0.25, -0.2) is 4.98 Å². The first-order chi connectivity index (χ1) is 9.01. The van der Waals surface area contributed by atoms with Gasteiger partial charge in [0.15, 0.2) is 5.13 Å². The molecule has 1 atom stereocenters. The molecule has 0 saturated heterocycles. The van der Waals surface area contributed by atoms with Crippen LogP contribution in [0.4, 0.5) is 5.13 Å². The molecular weight excluding hydrogens is 348 g/mol. The molecule has 1 aromatic carbocycles. The standard InChI is InChI=1S/C13H14BrClN2OS/c1-3-4-8(14)12(18)17-13-16-11-9(15)5-7(2)6-10(11)19-13/h5-6,8H,3-4H2,1-2H3,(H,16,17,18)/t8-/m1/s1. The molecule has 0 spiro atoms.